The molecule has 0 aliphatic heterocycles. The predicted molar refractivity (Wildman–Crippen MR) is 90.9 cm³/mol. The Hall–Kier alpha value is -3.22. The summed E-state index contributed by atoms with van der Waals surface area (Å²) >= 11 is 0. The number of halogens is 1. The molecule has 0 saturated carbocycles. The van der Waals surface area contributed by atoms with Crippen LogP contribution in [0.5, 0.6) is 5.75 Å². The summed E-state index contributed by atoms with van der Waals surface area (Å²) in [6.45, 7) is 1.63. The molecule has 0 fully saturated rings. The smallest absolute Gasteiger partial charge is 0.311 e. The minimum Gasteiger partial charge on any atom is -0.494 e. The third-order valence-electron chi connectivity index (χ3n) is 3.68. The average Bonchev–Trinajstić information content (AvgIpc) is 3.13. The van der Waals surface area contributed by atoms with Crippen molar-refractivity contribution in [2.75, 3.05) is 7.11 Å². The molecule has 3 rings (SSSR count). The topological polar surface area (TPSA) is 74.5 Å². The highest BCUT2D eigenvalue weighted by atomic mass is 19.1. The van der Waals surface area contributed by atoms with Crippen LogP contribution in [-0.2, 0) is 16.0 Å². The second kappa shape index (κ2) is 7.77. The molecule has 2 aromatic carbocycles. The third-order valence-corrected chi connectivity index (χ3v) is 3.68. The second-order valence-corrected chi connectivity index (χ2v) is 5.59. The molecule has 0 aliphatic rings. The number of hydrogen-bond acceptors (Lipinski definition) is 6. The van der Waals surface area contributed by atoms with Gasteiger partial charge in [0.1, 0.15) is 0 Å². The van der Waals surface area contributed by atoms with E-state index in [4.69, 9.17) is 13.9 Å². The van der Waals surface area contributed by atoms with Crippen LogP contribution < -0.4 is 4.74 Å². The molecule has 0 saturated heterocycles. The van der Waals surface area contributed by atoms with Crippen LogP contribution in [0.15, 0.2) is 52.9 Å². The van der Waals surface area contributed by atoms with Gasteiger partial charge in [0.05, 0.1) is 13.5 Å². The van der Waals surface area contributed by atoms with E-state index in [-0.39, 0.29) is 18.1 Å². The molecule has 134 valence electrons. The molecular weight excluding hydrogens is 339 g/mol. The van der Waals surface area contributed by atoms with E-state index in [9.17, 15) is 9.18 Å². The van der Waals surface area contributed by atoms with E-state index in [1.54, 1.807) is 13.0 Å². The molecule has 1 aromatic heterocycles. The number of nitrogens with zero attached hydrogens (tertiary/aromatic N) is 2. The van der Waals surface area contributed by atoms with E-state index in [2.05, 4.69) is 10.2 Å². The molecule has 0 amide bonds. The molecule has 0 aliphatic carbocycles. The van der Waals surface area contributed by atoms with Gasteiger partial charge in [-0.3, -0.25) is 4.79 Å². The van der Waals surface area contributed by atoms with Crippen LogP contribution in [0, 0.1) is 5.82 Å². The van der Waals surface area contributed by atoms with Crippen LogP contribution in [0.25, 0.3) is 11.5 Å². The molecule has 0 N–H and O–H groups in total. The SMILES string of the molecule is COc1ccc(CC(=O)O[C@H](C)c2nnc(-c3ccccc3)o2)cc1F. The number of carbonyl (C=O) groups is 1. The van der Waals surface area contributed by atoms with E-state index in [1.165, 1.54) is 19.2 Å². The van der Waals surface area contributed by atoms with E-state index in [1.807, 2.05) is 30.3 Å². The van der Waals surface area contributed by atoms with E-state index >= 15 is 0 Å². The van der Waals surface area contributed by atoms with Crippen molar-refractivity contribution in [3.63, 3.8) is 0 Å². The number of aromatic nitrogens is 2. The van der Waals surface area contributed by atoms with E-state index in [0.717, 1.165) is 5.56 Å². The summed E-state index contributed by atoms with van der Waals surface area (Å²) in [5.41, 5.74) is 1.26. The molecule has 0 unspecified atom stereocenters. The molecule has 0 bridgehead atoms. The van der Waals surface area contributed by atoms with Crippen LogP contribution in [0.3, 0.4) is 0 Å². The van der Waals surface area contributed by atoms with Gasteiger partial charge in [0.2, 0.25) is 5.89 Å². The Labute approximate surface area is 149 Å². The Kier molecular flexibility index (Phi) is 5.26. The van der Waals surface area contributed by atoms with Crippen LogP contribution in [0.4, 0.5) is 4.39 Å². The fraction of sp³-hybridized carbons (Fsp3) is 0.211. The Bertz CT molecular complexity index is 896. The summed E-state index contributed by atoms with van der Waals surface area (Å²) in [5.74, 6) is -0.398. The summed E-state index contributed by atoms with van der Waals surface area (Å²) < 4.78 is 29.4. The standard InChI is InChI=1S/C19H17FN2O4/c1-12(18-21-22-19(26-18)14-6-4-3-5-7-14)25-17(23)11-13-8-9-16(24-2)15(20)10-13/h3-10,12H,11H2,1-2H3/t12-/m1/s1. The van der Waals surface area contributed by atoms with E-state index < -0.39 is 17.9 Å². The summed E-state index contributed by atoms with van der Waals surface area (Å²) in [5, 5.41) is 7.88. The van der Waals surface area contributed by atoms with Crippen molar-refractivity contribution in [2.45, 2.75) is 19.4 Å². The number of ether oxygens (including phenoxy) is 2. The van der Waals surface area contributed by atoms with Gasteiger partial charge in [-0.05, 0) is 36.8 Å². The zero-order valence-corrected chi connectivity index (χ0v) is 14.3. The molecule has 26 heavy (non-hydrogen) atoms. The molecule has 3 aromatic rings. The Balaban J connectivity index is 1.63. The summed E-state index contributed by atoms with van der Waals surface area (Å²) in [7, 11) is 1.38. The van der Waals surface area contributed by atoms with Gasteiger partial charge < -0.3 is 13.9 Å². The van der Waals surface area contributed by atoms with Gasteiger partial charge >= 0.3 is 5.97 Å². The fourth-order valence-electron chi connectivity index (χ4n) is 2.37. The first-order chi connectivity index (χ1) is 12.6. The Morgan fingerprint density at radius 1 is 1.19 bits per heavy atom. The Morgan fingerprint density at radius 2 is 1.96 bits per heavy atom. The Morgan fingerprint density at radius 3 is 2.65 bits per heavy atom. The predicted octanol–water partition coefficient (Wildman–Crippen LogP) is 3.73. The zero-order valence-electron chi connectivity index (χ0n) is 14.3. The van der Waals surface area contributed by atoms with Crippen molar-refractivity contribution >= 4 is 5.97 Å². The van der Waals surface area contributed by atoms with Crippen molar-refractivity contribution in [1.29, 1.82) is 0 Å². The van der Waals surface area contributed by atoms with Crippen LogP contribution in [0.2, 0.25) is 0 Å². The normalized spacial score (nSPS) is 11.8. The number of hydrogen-bond donors (Lipinski definition) is 0. The third kappa shape index (κ3) is 4.05. The number of benzene rings is 2. The molecule has 1 heterocycles. The lowest BCUT2D eigenvalue weighted by Gasteiger charge is -2.10. The number of rotatable bonds is 6. The summed E-state index contributed by atoms with van der Waals surface area (Å²) in [4.78, 5) is 12.1. The van der Waals surface area contributed by atoms with Crippen molar-refractivity contribution in [3.8, 4) is 17.2 Å². The van der Waals surface area contributed by atoms with Crippen LogP contribution in [-0.4, -0.2) is 23.3 Å². The molecular formula is C19H17FN2O4. The molecule has 0 radical (unpaired) electrons. The zero-order chi connectivity index (χ0) is 18.5. The first-order valence-corrected chi connectivity index (χ1v) is 7.97. The largest absolute Gasteiger partial charge is 0.494 e. The number of carbonyl (C=O) groups excluding carboxylic acids is 1. The monoisotopic (exact) mass is 356 g/mol. The first-order valence-electron chi connectivity index (χ1n) is 7.97. The van der Waals surface area contributed by atoms with Gasteiger partial charge in [0, 0.05) is 5.56 Å². The minimum absolute atomic E-state index is 0.0784. The maximum Gasteiger partial charge on any atom is 0.311 e. The van der Waals surface area contributed by atoms with E-state index in [0.29, 0.717) is 11.5 Å². The van der Waals surface area contributed by atoms with Gasteiger partial charge in [-0.1, -0.05) is 24.3 Å². The van der Waals surface area contributed by atoms with Crippen molar-refractivity contribution < 1.29 is 23.1 Å². The molecule has 0 spiro atoms. The average molecular weight is 356 g/mol. The van der Waals surface area contributed by atoms with Crippen molar-refractivity contribution in [3.05, 3.63) is 65.8 Å². The minimum atomic E-state index is -0.712. The highest BCUT2D eigenvalue weighted by molar-refractivity contribution is 5.72. The lowest BCUT2D eigenvalue weighted by molar-refractivity contribution is -0.148. The van der Waals surface area contributed by atoms with Gasteiger partial charge in [0.15, 0.2) is 17.7 Å². The lowest BCUT2D eigenvalue weighted by atomic mass is 10.1. The van der Waals surface area contributed by atoms with Crippen LogP contribution >= 0.6 is 0 Å². The van der Waals surface area contributed by atoms with Gasteiger partial charge in [-0.25, -0.2) is 4.39 Å². The lowest BCUT2D eigenvalue weighted by Crippen LogP contribution is -2.12. The highest BCUT2D eigenvalue weighted by Crippen LogP contribution is 2.23. The van der Waals surface area contributed by atoms with Gasteiger partial charge in [0.25, 0.3) is 5.89 Å². The maximum absolute atomic E-state index is 13.7. The fourth-order valence-corrected chi connectivity index (χ4v) is 2.37. The van der Waals surface area contributed by atoms with Crippen LogP contribution in [0.1, 0.15) is 24.5 Å². The second-order valence-electron chi connectivity index (χ2n) is 5.59. The summed E-state index contributed by atoms with van der Waals surface area (Å²) in [6, 6.07) is 13.6. The van der Waals surface area contributed by atoms with Gasteiger partial charge in [-0.15, -0.1) is 10.2 Å². The molecule has 7 heteroatoms. The molecule has 1 atom stereocenters. The highest BCUT2D eigenvalue weighted by Gasteiger charge is 2.19. The maximum atomic E-state index is 13.7. The van der Waals surface area contributed by atoms with Crippen molar-refractivity contribution in [1.82, 2.24) is 10.2 Å². The van der Waals surface area contributed by atoms with Gasteiger partial charge in [-0.2, -0.15) is 0 Å². The molecule has 6 nitrogen and oxygen atoms in total. The summed E-state index contributed by atoms with van der Waals surface area (Å²) in [6.07, 6.45) is -0.791. The quantitative estimate of drug-likeness (QED) is 0.627. The number of methoxy groups -OCH3 is 1. The number of esters is 1. The first kappa shape index (κ1) is 17.6. The van der Waals surface area contributed by atoms with Crippen molar-refractivity contribution in [2.24, 2.45) is 0 Å².